The van der Waals surface area contributed by atoms with Crippen molar-refractivity contribution < 1.29 is 0 Å². The number of hydrogen-bond donors (Lipinski definition) is 0. The van der Waals surface area contributed by atoms with E-state index in [-0.39, 0.29) is 62.7 Å². The van der Waals surface area contributed by atoms with Crippen molar-refractivity contribution in [2.75, 3.05) is 0 Å². The van der Waals surface area contributed by atoms with E-state index in [0.29, 0.717) is 0 Å². The van der Waals surface area contributed by atoms with Crippen molar-refractivity contribution in [3.63, 3.8) is 0 Å². The van der Waals surface area contributed by atoms with Gasteiger partial charge in [0.15, 0.2) is 0 Å². The summed E-state index contributed by atoms with van der Waals surface area (Å²) in [4.78, 5) is 0. The van der Waals surface area contributed by atoms with Gasteiger partial charge in [-0.1, -0.05) is 52.4 Å². The molecule has 0 nitrogen and oxygen atoms in total. The third-order valence-electron chi connectivity index (χ3n) is 6.63. The molecule has 0 unspecified atom stereocenters. The summed E-state index contributed by atoms with van der Waals surface area (Å²) in [5.74, 6) is 0. The van der Waals surface area contributed by atoms with Gasteiger partial charge in [-0.05, 0) is 0 Å². The molecule has 1 heterocycles. The second-order valence-electron chi connectivity index (χ2n) is 6.87. The number of rotatable bonds is 0. The Bertz CT molecular complexity index is 148. The van der Waals surface area contributed by atoms with Gasteiger partial charge in [0, 0.05) is 62.7 Å². The molecule has 0 spiro atoms. The Labute approximate surface area is 114 Å². The Morgan fingerprint density at radius 3 is 0.375 bits per heavy atom. The molecule has 1 fully saturated rings. The van der Waals surface area contributed by atoms with Crippen molar-refractivity contribution in [3.05, 3.63) is 0 Å². The van der Waals surface area contributed by atoms with Gasteiger partial charge in [-0.25, -0.2) is 0 Å². The lowest BCUT2D eigenvalue weighted by Gasteiger charge is -2.42. The molecular formula is C8H32Si8. The molecule has 0 atom stereocenters. The number of hydrogen-bond acceptors (Lipinski definition) is 0. The minimum absolute atomic E-state index is 0.0839. The van der Waals surface area contributed by atoms with E-state index in [0.717, 1.165) is 0 Å². The van der Waals surface area contributed by atoms with E-state index in [4.69, 9.17) is 0 Å². The van der Waals surface area contributed by atoms with E-state index in [1.165, 1.54) is 0 Å². The van der Waals surface area contributed by atoms with Gasteiger partial charge in [0.1, 0.15) is 0 Å². The molecule has 0 aromatic heterocycles. The smallest absolute Gasteiger partial charge is 0.0108 e. The molecule has 0 bridgehead atoms. The van der Waals surface area contributed by atoms with E-state index in [1.54, 1.807) is 0 Å². The maximum Gasteiger partial charge on any atom is 0.0108 e. The highest BCUT2D eigenvalue weighted by atomic mass is 30.1. The van der Waals surface area contributed by atoms with E-state index in [1.807, 2.05) is 0 Å². The summed E-state index contributed by atoms with van der Waals surface area (Å²) in [7, 11) is -0.671. The third kappa shape index (κ3) is 3.00. The monoisotopic (exact) mass is 352 g/mol. The van der Waals surface area contributed by atoms with Crippen molar-refractivity contribution in [2.45, 2.75) is 52.4 Å². The van der Waals surface area contributed by atoms with Crippen molar-refractivity contribution in [2.24, 2.45) is 0 Å². The summed E-state index contributed by atoms with van der Waals surface area (Å²) in [6.07, 6.45) is 0. The van der Waals surface area contributed by atoms with Gasteiger partial charge in [0.05, 0.1) is 0 Å². The Balaban J connectivity index is 2.98. The zero-order valence-corrected chi connectivity index (χ0v) is 21.9. The molecule has 0 aliphatic carbocycles. The second-order valence-corrected chi connectivity index (χ2v) is 89.6. The minimum atomic E-state index is -0.0839. The average molecular weight is 353 g/mol. The Morgan fingerprint density at radius 2 is 0.312 bits per heavy atom. The predicted molar refractivity (Wildman–Crippen MR) is 104 cm³/mol. The van der Waals surface area contributed by atoms with Crippen LogP contribution in [0, 0.1) is 0 Å². The molecule has 0 N–H and O–H groups in total. The van der Waals surface area contributed by atoms with E-state index >= 15 is 0 Å². The van der Waals surface area contributed by atoms with Gasteiger partial charge in [-0.15, -0.1) is 0 Å². The van der Waals surface area contributed by atoms with Crippen LogP contribution in [0.25, 0.3) is 0 Å². The zero-order valence-electron chi connectivity index (χ0n) is 12.6. The van der Waals surface area contributed by atoms with Crippen LogP contribution in [0.5, 0.6) is 0 Å². The topological polar surface area (TPSA) is 0 Å². The minimum Gasteiger partial charge on any atom is -0.0765 e. The van der Waals surface area contributed by atoms with Crippen LogP contribution in [-0.2, 0) is 0 Å². The molecular weight excluding hydrogens is 321 g/mol. The van der Waals surface area contributed by atoms with E-state index < -0.39 is 0 Å². The lowest BCUT2D eigenvalue weighted by atomic mass is 11.9. The summed E-state index contributed by atoms with van der Waals surface area (Å²) < 4.78 is 0. The zero-order chi connectivity index (χ0) is 12.6. The standard InChI is InChI=1S/C8H32Si8/c1-9-10(2)12(4)14(6)16(8)15(7)13(5)11(9)3/h9-16H,1-8H3. The maximum atomic E-state index is 2.86. The summed E-state index contributed by atoms with van der Waals surface area (Å²) in [5, 5.41) is 0. The molecule has 1 aliphatic rings. The van der Waals surface area contributed by atoms with Crippen LogP contribution in [0.2, 0.25) is 52.4 Å². The molecule has 0 aromatic carbocycles. The fraction of sp³-hybridized carbons (Fsp3) is 1.00. The van der Waals surface area contributed by atoms with Gasteiger partial charge in [-0.3, -0.25) is 0 Å². The Kier molecular flexibility index (Phi) is 6.17. The summed E-state index contributed by atoms with van der Waals surface area (Å²) >= 11 is 0. The lowest BCUT2D eigenvalue weighted by Crippen LogP contribution is -2.72. The first-order valence-corrected chi connectivity index (χ1v) is 37.9. The first-order chi connectivity index (χ1) is 7.29. The molecule has 96 valence electrons. The van der Waals surface area contributed by atoms with Crippen molar-refractivity contribution in [3.8, 4) is 0 Å². The van der Waals surface area contributed by atoms with Crippen molar-refractivity contribution >= 4 is 62.7 Å². The van der Waals surface area contributed by atoms with E-state index in [2.05, 4.69) is 52.4 Å². The molecule has 0 aromatic rings. The first kappa shape index (κ1) is 15.8. The Hall–Kier alpha value is 1.74. The summed E-state index contributed by atoms with van der Waals surface area (Å²) in [6, 6.07) is 0. The van der Waals surface area contributed by atoms with Crippen LogP contribution in [-0.4, -0.2) is 62.7 Å². The normalized spacial score (nSPS) is 55.5. The summed E-state index contributed by atoms with van der Waals surface area (Å²) in [5.41, 5.74) is 0. The summed E-state index contributed by atoms with van der Waals surface area (Å²) in [6.45, 7) is 22.9. The Morgan fingerprint density at radius 1 is 0.250 bits per heavy atom. The maximum absolute atomic E-state index is 2.86. The molecule has 1 aliphatic heterocycles. The largest absolute Gasteiger partial charge is 0.0765 e. The molecule has 0 radical (unpaired) electrons. The molecule has 0 amide bonds. The van der Waals surface area contributed by atoms with Gasteiger partial charge >= 0.3 is 0 Å². The van der Waals surface area contributed by atoms with Crippen LogP contribution in [0.4, 0.5) is 0 Å². The molecule has 16 heavy (non-hydrogen) atoms. The van der Waals surface area contributed by atoms with Crippen LogP contribution < -0.4 is 0 Å². The van der Waals surface area contributed by atoms with Crippen LogP contribution >= 0.6 is 0 Å². The second kappa shape index (κ2) is 6.26. The molecule has 8 heteroatoms. The third-order valence-corrected chi connectivity index (χ3v) is 179. The van der Waals surface area contributed by atoms with Gasteiger partial charge in [0.25, 0.3) is 0 Å². The predicted octanol–water partition coefficient (Wildman–Crippen LogP) is -0.518. The highest BCUT2D eigenvalue weighted by Gasteiger charge is 2.42. The average Bonchev–Trinajstić information content (AvgIpc) is 2.30. The van der Waals surface area contributed by atoms with Gasteiger partial charge in [-0.2, -0.15) is 0 Å². The molecule has 1 rings (SSSR count). The highest BCUT2D eigenvalue weighted by molar-refractivity contribution is 7.95. The van der Waals surface area contributed by atoms with Crippen LogP contribution in [0.15, 0.2) is 0 Å². The van der Waals surface area contributed by atoms with Gasteiger partial charge in [0.2, 0.25) is 0 Å². The fourth-order valence-corrected chi connectivity index (χ4v) is 310. The SMILES string of the molecule is C[SiH]1[SiH](C)[SiH](C)[SiH](C)[SiH](C)[SiH](C)[SiH](C)[SiH]1C. The van der Waals surface area contributed by atoms with Crippen LogP contribution in [0.1, 0.15) is 0 Å². The fourth-order valence-electron chi connectivity index (χ4n) is 3.83. The van der Waals surface area contributed by atoms with Crippen molar-refractivity contribution in [1.29, 1.82) is 0 Å². The first-order valence-electron chi connectivity index (χ1n) is 7.29. The van der Waals surface area contributed by atoms with Crippen LogP contribution in [0.3, 0.4) is 0 Å². The quantitative estimate of drug-likeness (QED) is 0.515. The lowest BCUT2D eigenvalue weighted by molar-refractivity contribution is 2.09. The highest BCUT2D eigenvalue weighted by Crippen LogP contribution is 2.15. The molecule has 1 saturated heterocycles. The molecule has 0 saturated carbocycles. The van der Waals surface area contributed by atoms with E-state index in [9.17, 15) is 0 Å². The van der Waals surface area contributed by atoms with Gasteiger partial charge < -0.3 is 0 Å². The van der Waals surface area contributed by atoms with Crippen molar-refractivity contribution in [1.82, 2.24) is 0 Å².